The van der Waals surface area contributed by atoms with Crippen molar-refractivity contribution in [1.82, 2.24) is 10.2 Å². The summed E-state index contributed by atoms with van der Waals surface area (Å²) in [4.78, 5) is 38.5. The standard InChI is InChI=1S/C19H24ClN3O3/c1-11-4-6-19(7-5-11)17(25)23(18(26)22-19)10-15(24)21-16-13(3)8-12(2)9-14(16)20/h8-9,11H,4-7,10H2,1-3H3,(H,21,24)(H,22,26). The van der Waals surface area contributed by atoms with Gasteiger partial charge >= 0.3 is 6.03 Å². The Balaban J connectivity index is 1.70. The van der Waals surface area contributed by atoms with Crippen LogP contribution in [0.25, 0.3) is 0 Å². The van der Waals surface area contributed by atoms with E-state index in [1.54, 1.807) is 6.07 Å². The summed E-state index contributed by atoms with van der Waals surface area (Å²) in [7, 11) is 0. The number of hydrogen-bond acceptors (Lipinski definition) is 3. The number of hydrogen-bond donors (Lipinski definition) is 2. The summed E-state index contributed by atoms with van der Waals surface area (Å²) in [5.74, 6) is -0.186. The molecule has 4 amide bonds. The Hall–Kier alpha value is -2.08. The van der Waals surface area contributed by atoms with E-state index in [0.29, 0.717) is 29.5 Å². The SMILES string of the molecule is Cc1cc(C)c(NC(=O)CN2C(=O)NC3(CCC(C)CC3)C2=O)c(Cl)c1. The fourth-order valence-electron chi connectivity index (χ4n) is 3.81. The third-order valence-electron chi connectivity index (χ3n) is 5.37. The quantitative estimate of drug-likeness (QED) is 0.792. The minimum absolute atomic E-state index is 0.295. The predicted octanol–water partition coefficient (Wildman–Crippen LogP) is 3.40. The number of nitrogens with one attached hydrogen (secondary N) is 2. The van der Waals surface area contributed by atoms with Crippen molar-refractivity contribution < 1.29 is 14.4 Å². The first-order chi connectivity index (χ1) is 12.2. The number of imide groups is 1. The van der Waals surface area contributed by atoms with E-state index in [9.17, 15) is 14.4 Å². The van der Waals surface area contributed by atoms with Gasteiger partial charge in [0.2, 0.25) is 5.91 Å². The molecule has 1 spiro atoms. The summed E-state index contributed by atoms with van der Waals surface area (Å²) >= 11 is 6.21. The van der Waals surface area contributed by atoms with Gasteiger partial charge in [0.15, 0.2) is 0 Å². The Morgan fingerprint density at radius 3 is 2.58 bits per heavy atom. The predicted molar refractivity (Wildman–Crippen MR) is 100 cm³/mol. The average molecular weight is 378 g/mol. The van der Waals surface area contributed by atoms with Crippen LogP contribution in [0.1, 0.15) is 43.7 Å². The van der Waals surface area contributed by atoms with E-state index < -0.39 is 17.5 Å². The number of aryl methyl sites for hydroxylation is 2. The lowest BCUT2D eigenvalue weighted by Crippen LogP contribution is -2.49. The van der Waals surface area contributed by atoms with Crippen LogP contribution >= 0.6 is 11.6 Å². The van der Waals surface area contributed by atoms with Gasteiger partial charge in [-0.2, -0.15) is 0 Å². The van der Waals surface area contributed by atoms with E-state index in [4.69, 9.17) is 11.6 Å². The normalized spacial score (nSPS) is 25.5. The van der Waals surface area contributed by atoms with Crippen LogP contribution in [0.3, 0.4) is 0 Å². The van der Waals surface area contributed by atoms with E-state index in [0.717, 1.165) is 28.9 Å². The van der Waals surface area contributed by atoms with E-state index in [1.165, 1.54) is 0 Å². The van der Waals surface area contributed by atoms with Crippen molar-refractivity contribution in [3.63, 3.8) is 0 Å². The van der Waals surface area contributed by atoms with Crippen LogP contribution in [0.2, 0.25) is 5.02 Å². The van der Waals surface area contributed by atoms with Crippen LogP contribution in [0.4, 0.5) is 10.5 Å². The van der Waals surface area contributed by atoms with Gasteiger partial charge in [-0.1, -0.05) is 24.6 Å². The molecule has 2 fully saturated rings. The van der Waals surface area contributed by atoms with Crippen molar-refractivity contribution in [2.75, 3.05) is 11.9 Å². The molecule has 26 heavy (non-hydrogen) atoms. The van der Waals surface area contributed by atoms with Gasteiger partial charge in [0.1, 0.15) is 12.1 Å². The smallest absolute Gasteiger partial charge is 0.323 e. The molecular weight excluding hydrogens is 354 g/mol. The summed E-state index contributed by atoms with van der Waals surface area (Å²) in [5.41, 5.74) is 1.50. The van der Waals surface area contributed by atoms with Gasteiger partial charge < -0.3 is 10.6 Å². The molecule has 1 aliphatic heterocycles. The van der Waals surface area contributed by atoms with E-state index >= 15 is 0 Å². The molecule has 1 aliphatic carbocycles. The molecule has 0 atom stereocenters. The Morgan fingerprint density at radius 2 is 1.96 bits per heavy atom. The Morgan fingerprint density at radius 1 is 1.31 bits per heavy atom. The van der Waals surface area contributed by atoms with Crippen molar-refractivity contribution in [3.8, 4) is 0 Å². The summed E-state index contributed by atoms with van der Waals surface area (Å²) in [6.07, 6.45) is 3.04. The van der Waals surface area contributed by atoms with Gasteiger partial charge in [0.05, 0.1) is 10.7 Å². The number of benzene rings is 1. The molecule has 1 saturated heterocycles. The fourth-order valence-corrected chi connectivity index (χ4v) is 4.18. The number of anilines is 1. The van der Waals surface area contributed by atoms with Crippen LogP contribution < -0.4 is 10.6 Å². The molecule has 0 bridgehead atoms. The number of nitrogens with zero attached hydrogens (tertiary/aromatic N) is 1. The third-order valence-corrected chi connectivity index (χ3v) is 5.67. The Labute approximate surface area is 158 Å². The van der Waals surface area contributed by atoms with Crippen molar-refractivity contribution in [1.29, 1.82) is 0 Å². The zero-order chi connectivity index (χ0) is 19.1. The lowest BCUT2D eigenvalue weighted by Gasteiger charge is -2.33. The lowest BCUT2D eigenvalue weighted by atomic mass is 9.77. The molecule has 2 N–H and O–H groups in total. The Kier molecular flexibility index (Phi) is 4.97. The second-order valence-electron chi connectivity index (χ2n) is 7.57. The molecule has 3 rings (SSSR count). The van der Waals surface area contributed by atoms with Gasteiger partial charge in [0, 0.05) is 0 Å². The molecule has 2 aliphatic rings. The average Bonchev–Trinajstić information content (AvgIpc) is 2.78. The summed E-state index contributed by atoms with van der Waals surface area (Å²) < 4.78 is 0. The number of urea groups is 1. The second kappa shape index (κ2) is 6.91. The molecule has 1 aromatic rings. The highest BCUT2D eigenvalue weighted by molar-refractivity contribution is 6.34. The minimum atomic E-state index is -0.832. The van der Waals surface area contributed by atoms with Crippen molar-refractivity contribution in [2.45, 2.75) is 52.0 Å². The topological polar surface area (TPSA) is 78.5 Å². The maximum absolute atomic E-state index is 12.8. The molecule has 0 radical (unpaired) electrons. The highest BCUT2D eigenvalue weighted by Gasteiger charge is 2.52. The number of rotatable bonds is 3. The van der Waals surface area contributed by atoms with Crippen LogP contribution in [-0.2, 0) is 9.59 Å². The first kappa shape index (κ1) is 18.7. The van der Waals surface area contributed by atoms with Gasteiger partial charge in [0.25, 0.3) is 5.91 Å². The molecule has 0 unspecified atom stereocenters. The summed E-state index contributed by atoms with van der Waals surface area (Å²) in [6, 6.07) is 3.18. The van der Waals surface area contributed by atoms with Crippen molar-refractivity contribution >= 4 is 35.1 Å². The molecule has 7 heteroatoms. The van der Waals surface area contributed by atoms with Crippen LogP contribution in [0.15, 0.2) is 12.1 Å². The summed E-state index contributed by atoms with van der Waals surface area (Å²) in [5, 5.41) is 5.98. The molecule has 1 saturated carbocycles. The molecular formula is C19H24ClN3O3. The fraction of sp³-hybridized carbons (Fsp3) is 0.526. The van der Waals surface area contributed by atoms with Gasteiger partial charge in [-0.15, -0.1) is 0 Å². The highest BCUT2D eigenvalue weighted by atomic mass is 35.5. The van der Waals surface area contributed by atoms with Crippen molar-refractivity contribution in [2.24, 2.45) is 5.92 Å². The van der Waals surface area contributed by atoms with E-state index in [1.807, 2.05) is 19.9 Å². The number of carbonyl (C=O) groups is 3. The first-order valence-electron chi connectivity index (χ1n) is 8.92. The zero-order valence-electron chi connectivity index (χ0n) is 15.3. The molecule has 1 heterocycles. The number of carbonyl (C=O) groups excluding carboxylic acids is 3. The maximum atomic E-state index is 12.8. The molecule has 140 valence electrons. The third kappa shape index (κ3) is 3.43. The summed E-state index contributed by atoms with van der Waals surface area (Å²) in [6.45, 7) is 5.60. The lowest BCUT2D eigenvalue weighted by molar-refractivity contribution is -0.135. The molecule has 0 aromatic heterocycles. The number of amides is 4. The minimum Gasteiger partial charge on any atom is -0.323 e. The maximum Gasteiger partial charge on any atom is 0.325 e. The molecule has 6 nitrogen and oxygen atoms in total. The van der Waals surface area contributed by atoms with E-state index in [-0.39, 0.29) is 12.5 Å². The zero-order valence-corrected chi connectivity index (χ0v) is 16.1. The van der Waals surface area contributed by atoms with Crippen LogP contribution in [0, 0.1) is 19.8 Å². The van der Waals surface area contributed by atoms with Gasteiger partial charge in [-0.05, 0) is 62.6 Å². The second-order valence-corrected chi connectivity index (χ2v) is 7.98. The van der Waals surface area contributed by atoms with Crippen molar-refractivity contribution in [3.05, 3.63) is 28.3 Å². The first-order valence-corrected chi connectivity index (χ1v) is 9.30. The van der Waals surface area contributed by atoms with Crippen LogP contribution in [0.5, 0.6) is 0 Å². The van der Waals surface area contributed by atoms with Gasteiger partial charge in [-0.3, -0.25) is 14.5 Å². The van der Waals surface area contributed by atoms with E-state index in [2.05, 4.69) is 17.6 Å². The largest absolute Gasteiger partial charge is 0.325 e. The number of halogens is 1. The highest BCUT2D eigenvalue weighted by Crippen LogP contribution is 2.36. The molecule has 1 aromatic carbocycles. The monoisotopic (exact) mass is 377 g/mol. The Bertz CT molecular complexity index is 746. The van der Waals surface area contributed by atoms with Crippen LogP contribution in [-0.4, -0.2) is 34.8 Å². The van der Waals surface area contributed by atoms with Gasteiger partial charge in [-0.25, -0.2) is 4.79 Å².